The summed E-state index contributed by atoms with van der Waals surface area (Å²) in [5.41, 5.74) is 0.436. The van der Waals surface area contributed by atoms with Gasteiger partial charge in [0.05, 0.1) is 23.7 Å². The fraction of sp³-hybridized carbons (Fsp3) is 0.476. The molecule has 0 aliphatic heterocycles. The van der Waals surface area contributed by atoms with Gasteiger partial charge in [-0.15, -0.1) is 0 Å². The molecule has 0 aromatic carbocycles. The van der Waals surface area contributed by atoms with E-state index in [0.29, 0.717) is 17.5 Å². The first kappa shape index (κ1) is 19.8. The number of nitrogens with zero attached hydrogens (tertiary/aromatic N) is 4. The highest BCUT2D eigenvalue weighted by Crippen LogP contribution is 2.51. The average Bonchev–Trinajstić information content (AvgIpc) is 3.38. The van der Waals surface area contributed by atoms with Gasteiger partial charge in [0.1, 0.15) is 11.5 Å². The number of aromatic nitrogens is 5. The van der Waals surface area contributed by atoms with Crippen molar-refractivity contribution in [3.63, 3.8) is 0 Å². The normalized spacial score (nSPS) is 22.8. The molecule has 3 N–H and O–H groups in total. The molecule has 1 spiro atoms. The van der Waals surface area contributed by atoms with Crippen molar-refractivity contribution in [1.82, 2.24) is 25.1 Å². The lowest BCUT2D eigenvalue weighted by Crippen LogP contribution is -2.50. The molecule has 5 rings (SSSR count). The molecular weight excluding hydrogens is 406 g/mol. The highest BCUT2D eigenvalue weighted by Gasteiger charge is 2.49. The summed E-state index contributed by atoms with van der Waals surface area (Å²) in [6.45, 7) is 0. The van der Waals surface area contributed by atoms with Crippen molar-refractivity contribution in [1.29, 1.82) is 0 Å². The Morgan fingerprint density at radius 2 is 1.94 bits per heavy atom. The molecular formula is C21H22F2N6O2. The number of carbonyl (C=O) groups is 1. The summed E-state index contributed by atoms with van der Waals surface area (Å²) in [6, 6.07) is 0.837. The van der Waals surface area contributed by atoms with Gasteiger partial charge in [0.25, 0.3) is 0 Å². The fourth-order valence-corrected chi connectivity index (χ4v) is 5.36. The number of fused-ring (bicyclic) bond motifs is 1. The third-order valence-electron chi connectivity index (χ3n) is 6.80. The van der Waals surface area contributed by atoms with Crippen LogP contribution in [0, 0.1) is 23.0 Å². The lowest BCUT2D eigenvalue weighted by atomic mass is 9.64. The Morgan fingerprint density at radius 3 is 2.71 bits per heavy atom. The second kappa shape index (κ2) is 7.51. The molecule has 0 unspecified atom stereocenters. The van der Waals surface area contributed by atoms with Gasteiger partial charge in [-0.25, -0.2) is 23.7 Å². The molecule has 2 aliphatic rings. The molecule has 162 valence electrons. The second-order valence-electron chi connectivity index (χ2n) is 8.54. The van der Waals surface area contributed by atoms with Gasteiger partial charge >= 0.3 is 5.97 Å². The Kier molecular flexibility index (Phi) is 4.79. The van der Waals surface area contributed by atoms with E-state index in [1.54, 1.807) is 0 Å². The van der Waals surface area contributed by atoms with Crippen LogP contribution in [0.15, 0.2) is 18.5 Å². The number of carboxylic acids is 1. The van der Waals surface area contributed by atoms with E-state index in [1.807, 2.05) is 0 Å². The Balaban J connectivity index is 1.54. The largest absolute Gasteiger partial charge is 0.481 e. The lowest BCUT2D eigenvalue weighted by molar-refractivity contribution is -0.145. The summed E-state index contributed by atoms with van der Waals surface area (Å²) in [6.07, 6.45) is 8.33. The number of aromatic amines is 1. The van der Waals surface area contributed by atoms with Crippen LogP contribution in [-0.4, -0.2) is 42.3 Å². The van der Waals surface area contributed by atoms with E-state index in [2.05, 4.69) is 30.5 Å². The van der Waals surface area contributed by atoms with Gasteiger partial charge in [0, 0.05) is 6.04 Å². The smallest absolute Gasteiger partial charge is 0.308 e. The van der Waals surface area contributed by atoms with Crippen molar-refractivity contribution in [2.75, 3.05) is 5.32 Å². The molecule has 8 nitrogen and oxygen atoms in total. The van der Waals surface area contributed by atoms with E-state index < -0.39 is 29.6 Å². The Morgan fingerprint density at radius 1 is 1.16 bits per heavy atom. The number of aliphatic carboxylic acids is 1. The Hall–Kier alpha value is -3.17. The van der Waals surface area contributed by atoms with Crippen LogP contribution in [0.2, 0.25) is 0 Å². The topological polar surface area (TPSA) is 117 Å². The minimum Gasteiger partial charge on any atom is -0.481 e. The third-order valence-corrected chi connectivity index (χ3v) is 6.80. The van der Waals surface area contributed by atoms with E-state index in [-0.39, 0.29) is 22.8 Å². The maximum Gasteiger partial charge on any atom is 0.308 e. The number of hydrogen-bond donors (Lipinski definition) is 3. The van der Waals surface area contributed by atoms with Crippen LogP contribution in [0.1, 0.15) is 44.9 Å². The number of rotatable bonds is 4. The molecule has 0 saturated heterocycles. The minimum absolute atomic E-state index is 0.0602. The second-order valence-corrected chi connectivity index (χ2v) is 8.54. The summed E-state index contributed by atoms with van der Waals surface area (Å²) in [4.78, 5) is 24.3. The number of anilines is 1. The first-order chi connectivity index (χ1) is 15.0. The van der Waals surface area contributed by atoms with E-state index in [9.17, 15) is 18.7 Å². The highest BCUT2D eigenvalue weighted by atomic mass is 19.1. The first-order valence-corrected chi connectivity index (χ1v) is 10.5. The van der Waals surface area contributed by atoms with Crippen LogP contribution in [0.3, 0.4) is 0 Å². The third kappa shape index (κ3) is 3.39. The quantitative estimate of drug-likeness (QED) is 0.577. The predicted octanol–water partition coefficient (Wildman–Crippen LogP) is 3.92. The molecule has 31 heavy (non-hydrogen) atoms. The van der Waals surface area contributed by atoms with Crippen LogP contribution < -0.4 is 5.32 Å². The van der Waals surface area contributed by atoms with Crippen molar-refractivity contribution >= 4 is 22.8 Å². The number of carboxylic acid groups (broad SMARTS) is 1. The van der Waals surface area contributed by atoms with Gasteiger partial charge < -0.3 is 10.4 Å². The van der Waals surface area contributed by atoms with Crippen molar-refractivity contribution < 1.29 is 18.7 Å². The summed E-state index contributed by atoms with van der Waals surface area (Å²) in [7, 11) is 0. The Labute approximate surface area is 176 Å². The SMILES string of the molecule is O=C(O)[C@H]1CCCC2(CCCC2)[C@@H]1Nc1nc(-c2n[nH]c3ncc(F)cc23)ncc1F. The zero-order valence-corrected chi connectivity index (χ0v) is 16.7. The zero-order chi connectivity index (χ0) is 21.6. The molecule has 0 bridgehead atoms. The lowest BCUT2D eigenvalue weighted by Gasteiger charge is -2.45. The van der Waals surface area contributed by atoms with Gasteiger partial charge in [-0.1, -0.05) is 19.3 Å². The standard InChI is InChI=1S/C21H22F2N6O2/c22-11-8-13-15(28-29-17(13)24-9-11)19-25-10-14(23)18(27-19)26-16-12(20(30)31)4-3-7-21(16)5-1-2-6-21/h8-10,12,16H,1-7H2,(H,30,31)(H,24,28,29)(H,25,26,27)/t12-,16+/m0/s1. The first-order valence-electron chi connectivity index (χ1n) is 10.5. The van der Waals surface area contributed by atoms with Crippen LogP contribution in [0.5, 0.6) is 0 Å². The number of nitrogens with one attached hydrogen (secondary N) is 2. The monoisotopic (exact) mass is 428 g/mol. The van der Waals surface area contributed by atoms with Gasteiger partial charge in [-0.2, -0.15) is 5.10 Å². The molecule has 3 aromatic heterocycles. The molecule has 2 saturated carbocycles. The summed E-state index contributed by atoms with van der Waals surface area (Å²) >= 11 is 0. The zero-order valence-electron chi connectivity index (χ0n) is 16.7. The molecule has 2 fully saturated rings. The molecule has 2 aliphatic carbocycles. The van der Waals surface area contributed by atoms with Gasteiger partial charge in [-0.05, 0) is 37.2 Å². The summed E-state index contributed by atoms with van der Waals surface area (Å²) < 4.78 is 28.4. The molecule has 0 radical (unpaired) electrons. The minimum atomic E-state index is -0.877. The van der Waals surface area contributed by atoms with Crippen molar-refractivity contribution in [2.45, 2.75) is 51.0 Å². The molecule has 3 heterocycles. The van der Waals surface area contributed by atoms with Crippen molar-refractivity contribution in [3.05, 3.63) is 30.1 Å². The van der Waals surface area contributed by atoms with Crippen LogP contribution >= 0.6 is 0 Å². The molecule has 0 amide bonds. The van der Waals surface area contributed by atoms with Crippen molar-refractivity contribution in [3.8, 4) is 11.5 Å². The molecule has 10 heteroatoms. The van der Waals surface area contributed by atoms with Crippen LogP contribution in [0.4, 0.5) is 14.6 Å². The number of hydrogen-bond acceptors (Lipinski definition) is 6. The number of halogens is 2. The molecule has 3 aromatic rings. The van der Waals surface area contributed by atoms with E-state index >= 15 is 0 Å². The van der Waals surface area contributed by atoms with Crippen LogP contribution in [-0.2, 0) is 4.79 Å². The predicted molar refractivity (Wildman–Crippen MR) is 108 cm³/mol. The van der Waals surface area contributed by atoms with Gasteiger partial charge in [0.2, 0.25) is 0 Å². The average molecular weight is 428 g/mol. The Bertz CT molecular complexity index is 1140. The van der Waals surface area contributed by atoms with Crippen molar-refractivity contribution in [2.24, 2.45) is 11.3 Å². The van der Waals surface area contributed by atoms with E-state index in [4.69, 9.17) is 0 Å². The maximum absolute atomic E-state index is 14.7. The van der Waals surface area contributed by atoms with Gasteiger partial charge in [-0.3, -0.25) is 9.89 Å². The van der Waals surface area contributed by atoms with Gasteiger partial charge in [0.15, 0.2) is 23.1 Å². The number of pyridine rings is 1. The fourth-order valence-electron chi connectivity index (χ4n) is 5.36. The highest BCUT2D eigenvalue weighted by molar-refractivity contribution is 5.88. The molecule has 2 atom stereocenters. The van der Waals surface area contributed by atoms with E-state index in [0.717, 1.165) is 50.9 Å². The van der Waals surface area contributed by atoms with Crippen LogP contribution in [0.25, 0.3) is 22.6 Å². The summed E-state index contributed by atoms with van der Waals surface area (Å²) in [5.74, 6) is -2.66. The maximum atomic E-state index is 14.7. The summed E-state index contributed by atoms with van der Waals surface area (Å²) in [5, 5.41) is 20.2. The van der Waals surface area contributed by atoms with E-state index in [1.165, 1.54) is 6.07 Å². The number of H-pyrrole nitrogens is 1.